The van der Waals surface area contributed by atoms with Gasteiger partial charge in [-0.2, -0.15) is 15.0 Å². The van der Waals surface area contributed by atoms with Crippen LogP contribution in [0.25, 0.3) is 16.9 Å². The molecule has 4 aromatic rings. The van der Waals surface area contributed by atoms with Gasteiger partial charge in [0.25, 0.3) is 0 Å². The van der Waals surface area contributed by atoms with E-state index in [4.69, 9.17) is 4.74 Å². The Morgan fingerprint density at radius 2 is 1.98 bits per heavy atom. The van der Waals surface area contributed by atoms with Crippen LogP contribution < -0.4 is 4.74 Å². The quantitative estimate of drug-likeness (QED) is 0.263. The van der Waals surface area contributed by atoms with Crippen LogP contribution in [-0.4, -0.2) is 88.9 Å². The summed E-state index contributed by atoms with van der Waals surface area (Å²) < 4.78 is 37.9. The minimum absolute atomic E-state index is 0.0794. The molecule has 1 unspecified atom stereocenters. The number of rotatable bonds is 9. The van der Waals surface area contributed by atoms with Gasteiger partial charge in [0.1, 0.15) is 24.7 Å². The zero-order valence-corrected chi connectivity index (χ0v) is 24.5. The molecule has 14 heteroatoms. The first-order chi connectivity index (χ1) is 20.9. The number of aromatic nitrogens is 7. The van der Waals surface area contributed by atoms with E-state index in [1.807, 2.05) is 17.7 Å². The fourth-order valence-electron chi connectivity index (χ4n) is 4.98. The monoisotopic (exact) mass is 607 g/mol. The van der Waals surface area contributed by atoms with Crippen molar-refractivity contribution in [3.8, 4) is 22.7 Å². The molecule has 0 spiro atoms. The minimum atomic E-state index is -0.770. The number of piperazine rings is 1. The van der Waals surface area contributed by atoms with E-state index in [1.54, 1.807) is 35.1 Å². The summed E-state index contributed by atoms with van der Waals surface area (Å²) in [6.45, 7) is 2.61. The minimum Gasteiger partial charge on any atom is -0.482 e. The van der Waals surface area contributed by atoms with Crippen LogP contribution in [-0.2, 0) is 17.9 Å². The van der Waals surface area contributed by atoms with E-state index in [0.29, 0.717) is 24.1 Å². The molecule has 4 heterocycles. The third kappa shape index (κ3) is 6.75. The van der Waals surface area contributed by atoms with Gasteiger partial charge in [0.15, 0.2) is 22.5 Å². The number of amides is 1. The molecule has 0 bridgehead atoms. The molecule has 1 aromatic carbocycles. The number of hydrogen-bond acceptors (Lipinski definition) is 9. The van der Waals surface area contributed by atoms with Crippen LogP contribution in [0.15, 0.2) is 60.2 Å². The topological polar surface area (TPSA) is 107 Å². The van der Waals surface area contributed by atoms with Crippen molar-refractivity contribution in [3.63, 3.8) is 0 Å². The molecule has 1 atom stereocenters. The molecule has 11 nitrogen and oxygen atoms in total. The Kier molecular flexibility index (Phi) is 8.74. The number of halogens is 2. The van der Waals surface area contributed by atoms with E-state index in [1.165, 1.54) is 11.0 Å². The van der Waals surface area contributed by atoms with E-state index in [0.717, 1.165) is 50.2 Å². The number of pyridine rings is 1. The standard InChI is InChI=1S/C29H31F2N9O2S/c1-37-10-12-38(13-11-37)28(41)18-39-33-17-25(36-39)22-14-24(31)26(15-23(22)30)42-19-27-34-35-29(43-21-7-3-2-4-8-21)40(27)20-6-5-9-32-16-20/h3,5-7,9,14-17,21H,2,4,8,10-13,18-19H2,1H3. The fourth-order valence-corrected chi connectivity index (χ4v) is 6.13. The van der Waals surface area contributed by atoms with Gasteiger partial charge in [0.05, 0.1) is 18.1 Å². The summed E-state index contributed by atoms with van der Waals surface area (Å²) in [5.41, 5.74) is 0.773. The lowest BCUT2D eigenvalue weighted by Crippen LogP contribution is -2.48. The van der Waals surface area contributed by atoms with Gasteiger partial charge in [-0.3, -0.25) is 14.3 Å². The molecule has 0 N–H and O–H groups in total. The number of allylic oxidation sites excluding steroid dienone is 1. The summed E-state index contributed by atoms with van der Waals surface area (Å²) in [7, 11) is 2.01. The average molecular weight is 608 g/mol. The van der Waals surface area contributed by atoms with Crippen LogP contribution in [0.3, 0.4) is 0 Å². The maximum absolute atomic E-state index is 15.2. The Balaban J connectivity index is 1.16. The summed E-state index contributed by atoms with van der Waals surface area (Å²) in [6.07, 6.45) is 12.2. The lowest BCUT2D eigenvalue weighted by Gasteiger charge is -2.32. The van der Waals surface area contributed by atoms with Crippen molar-refractivity contribution in [3.05, 3.63) is 72.5 Å². The average Bonchev–Trinajstić information content (AvgIpc) is 3.65. The predicted molar refractivity (Wildman–Crippen MR) is 156 cm³/mol. The van der Waals surface area contributed by atoms with Gasteiger partial charge < -0.3 is 14.5 Å². The SMILES string of the molecule is CN1CCN(C(=O)Cn2ncc(-c3cc(F)c(OCc4nnc(SC5C=CCCC5)n4-c4cccnc4)cc3F)n2)CC1. The van der Waals surface area contributed by atoms with Crippen LogP contribution >= 0.6 is 11.8 Å². The normalized spacial score (nSPS) is 17.4. The van der Waals surface area contributed by atoms with Crippen molar-refractivity contribution in [1.29, 1.82) is 0 Å². The summed E-state index contributed by atoms with van der Waals surface area (Å²) in [5, 5.41) is 17.9. The van der Waals surface area contributed by atoms with Gasteiger partial charge >= 0.3 is 0 Å². The second kappa shape index (κ2) is 13.0. The Hall–Kier alpha value is -4.17. The van der Waals surface area contributed by atoms with Crippen molar-refractivity contribution in [2.45, 2.75) is 42.8 Å². The van der Waals surface area contributed by atoms with Crippen molar-refractivity contribution in [2.75, 3.05) is 33.2 Å². The van der Waals surface area contributed by atoms with E-state index in [-0.39, 0.29) is 41.3 Å². The van der Waals surface area contributed by atoms with Gasteiger partial charge in [-0.15, -0.1) is 10.2 Å². The van der Waals surface area contributed by atoms with Gasteiger partial charge in [-0.1, -0.05) is 23.9 Å². The largest absolute Gasteiger partial charge is 0.482 e. The number of carbonyl (C=O) groups excluding carboxylic acids is 1. The highest BCUT2D eigenvalue weighted by Crippen LogP contribution is 2.32. The van der Waals surface area contributed by atoms with Gasteiger partial charge in [-0.05, 0) is 44.5 Å². The molecule has 2 aliphatic rings. The number of benzene rings is 1. The lowest BCUT2D eigenvalue weighted by molar-refractivity contribution is -0.133. The van der Waals surface area contributed by atoms with Crippen molar-refractivity contribution in [2.24, 2.45) is 0 Å². The summed E-state index contributed by atoms with van der Waals surface area (Å²) in [6, 6.07) is 5.68. The third-order valence-electron chi connectivity index (χ3n) is 7.39. The maximum Gasteiger partial charge on any atom is 0.246 e. The van der Waals surface area contributed by atoms with Crippen molar-refractivity contribution in [1.82, 2.24) is 44.5 Å². The Bertz CT molecular complexity index is 1600. The van der Waals surface area contributed by atoms with Gasteiger partial charge in [0, 0.05) is 49.3 Å². The van der Waals surface area contributed by atoms with Crippen molar-refractivity contribution < 1.29 is 18.3 Å². The molecule has 0 saturated carbocycles. The molecule has 1 saturated heterocycles. The number of hydrogen-bond donors (Lipinski definition) is 0. The molecule has 1 fully saturated rings. The number of carbonyl (C=O) groups is 1. The van der Waals surface area contributed by atoms with Crippen LogP contribution in [0.1, 0.15) is 25.1 Å². The van der Waals surface area contributed by atoms with Gasteiger partial charge in [0.2, 0.25) is 5.91 Å². The zero-order valence-electron chi connectivity index (χ0n) is 23.6. The van der Waals surface area contributed by atoms with E-state index in [9.17, 15) is 4.79 Å². The number of likely N-dealkylation sites (N-methyl/N-ethyl adjacent to an activating group) is 1. The third-order valence-corrected chi connectivity index (χ3v) is 8.57. The molecular formula is C29H31F2N9O2S. The smallest absolute Gasteiger partial charge is 0.246 e. The second-order valence-corrected chi connectivity index (χ2v) is 11.7. The van der Waals surface area contributed by atoms with E-state index >= 15 is 8.78 Å². The highest BCUT2D eigenvalue weighted by molar-refractivity contribution is 7.99. The van der Waals surface area contributed by atoms with Gasteiger partial charge in [-0.25, -0.2) is 8.78 Å². The Labute approximate surface area is 251 Å². The molecule has 43 heavy (non-hydrogen) atoms. The van der Waals surface area contributed by atoms with E-state index < -0.39 is 11.6 Å². The molecule has 1 aliphatic heterocycles. The molecule has 224 valence electrons. The highest BCUT2D eigenvalue weighted by atomic mass is 32.2. The van der Waals surface area contributed by atoms with Crippen LogP contribution in [0.2, 0.25) is 0 Å². The van der Waals surface area contributed by atoms with E-state index in [2.05, 4.69) is 42.4 Å². The predicted octanol–water partition coefficient (Wildman–Crippen LogP) is 3.75. The Morgan fingerprint density at radius 3 is 2.74 bits per heavy atom. The first kappa shape index (κ1) is 28.9. The highest BCUT2D eigenvalue weighted by Gasteiger charge is 2.23. The first-order valence-electron chi connectivity index (χ1n) is 14.1. The number of thioether (sulfide) groups is 1. The molecule has 1 amide bonds. The van der Waals surface area contributed by atoms with Crippen molar-refractivity contribution >= 4 is 17.7 Å². The first-order valence-corrected chi connectivity index (χ1v) is 15.0. The number of nitrogens with zero attached hydrogens (tertiary/aromatic N) is 9. The Morgan fingerprint density at radius 1 is 1.12 bits per heavy atom. The molecule has 6 rings (SSSR count). The molecule has 0 radical (unpaired) electrons. The lowest BCUT2D eigenvalue weighted by atomic mass is 10.1. The zero-order chi connectivity index (χ0) is 29.8. The van der Waals surface area contributed by atoms with Crippen LogP contribution in [0.5, 0.6) is 5.75 Å². The van der Waals surface area contributed by atoms with Crippen LogP contribution in [0.4, 0.5) is 8.78 Å². The number of ether oxygens (including phenoxy) is 1. The summed E-state index contributed by atoms with van der Waals surface area (Å²) >= 11 is 1.59. The summed E-state index contributed by atoms with van der Waals surface area (Å²) in [4.78, 5) is 21.9. The second-order valence-electron chi connectivity index (χ2n) is 10.5. The summed E-state index contributed by atoms with van der Waals surface area (Å²) in [5.74, 6) is -1.48. The molecular weight excluding hydrogens is 576 g/mol. The molecule has 3 aromatic heterocycles. The fraction of sp³-hybridized carbons (Fsp3) is 0.379. The molecule has 1 aliphatic carbocycles. The van der Waals surface area contributed by atoms with Crippen LogP contribution in [0, 0.1) is 11.6 Å². The maximum atomic E-state index is 15.2.